The molecule has 7 atom stereocenters. The predicted molar refractivity (Wildman–Crippen MR) is 87.3 cm³/mol. The van der Waals surface area contributed by atoms with Crippen LogP contribution in [0.5, 0.6) is 0 Å². The molecular weight excluding hydrogens is 272 g/mol. The summed E-state index contributed by atoms with van der Waals surface area (Å²) in [4.78, 5) is 11.7. The maximum Gasteiger partial charge on any atom is 0.155 e. The summed E-state index contributed by atoms with van der Waals surface area (Å²) in [6.45, 7) is 4.47. The first kappa shape index (κ1) is 14.9. The zero-order valence-electron chi connectivity index (χ0n) is 14.1. The third kappa shape index (κ3) is 2.06. The molecule has 4 aliphatic rings. The molecule has 0 aromatic heterocycles. The van der Waals surface area contributed by atoms with E-state index in [2.05, 4.69) is 6.92 Å². The van der Waals surface area contributed by atoms with Crippen molar-refractivity contribution in [3.63, 3.8) is 0 Å². The van der Waals surface area contributed by atoms with Gasteiger partial charge in [0.1, 0.15) is 0 Å². The summed E-state index contributed by atoms with van der Waals surface area (Å²) >= 11 is 0. The van der Waals surface area contributed by atoms with E-state index in [9.17, 15) is 9.90 Å². The molecular formula is C20H30O2. The van der Waals surface area contributed by atoms with Crippen molar-refractivity contribution >= 4 is 5.78 Å². The molecule has 0 unspecified atom stereocenters. The first-order valence-electron chi connectivity index (χ1n) is 9.42. The third-order valence-corrected chi connectivity index (χ3v) is 7.96. The van der Waals surface area contributed by atoms with Gasteiger partial charge in [0, 0.05) is 6.42 Å². The molecule has 0 spiro atoms. The highest BCUT2D eigenvalue weighted by atomic mass is 16.3. The second-order valence-corrected chi connectivity index (χ2v) is 8.77. The second-order valence-electron chi connectivity index (χ2n) is 8.77. The molecule has 3 saturated carbocycles. The monoisotopic (exact) mass is 302 g/mol. The molecule has 0 heterocycles. The van der Waals surface area contributed by atoms with E-state index >= 15 is 0 Å². The normalized spacial score (nSPS) is 49.0. The Balaban J connectivity index is 1.61. The van der Waals surface area contributed by atoms with Gasteiger partial charge in [0.2, 0.25) is 0 Å². The van der Waals surface area contributed by atoms with E-state index < -0.39 is 0 Å². The van der Waals surface area contributed by atoms with Gasteiger partial charge in [0.05, 0.1) is 6.10 Å². The van der Waals surface area contributed by atoms with E-state index in [1.807, 2.05) is 13.0 Å². The molecule has 3 fully saturated rings. The standard InChI is InChI=1S/C20H30O2/c1-12(21)18-7-8-19-17-5-3-13-11-14(22)4-6-15(13)16(17)9-10-20(18,19)2/h11-12,15-19,21H,3-10H2,1-2H3/t12-,15+,16-,17-,18-,19+,20-/m1/s1. The fourth-order valence-electron chi connectivity index (χ4n) is 7.01. The lowest BCUT2D eigenvalue weighted by Crippen LogP contribution is -2.47. The van der Waals surface area contributed by atoms with Crippen molar-refractivity contribution in [3.05, 3.63) is 11.6 Å². The minimum atomic E-state index is -0.155. The highest BCUT2D eigenvalue weighted by molar-refractivity contribution is 5.91. The Labute approximate surface area is 134 Å². The number of carbonyl (C=O) groups excluding carboxylic acids is 1. The summed E-state index contributed by atoms with van der Waals surface area (Å²) in [6, 6.07) is 0. The van der Waals surface area contributed by atoms with Gasteiger partial charge in [-0.2, -0.15) is 0 Å². The fourth-order valence-corrected chi connectivity index (χ4v) is 7.01. The van der Waals surface area contributed by atoms with Crippen molar-refractivity contribution < 1.29 is 9.90 Å². The van der Waals surface area contributed by atoms with E-state index in [0.717, 1.165) is 37.0 Å². The first-order valence-corrected chi connectivity index (χ1v) is 9.42. The van der Waals surface area contributed by atoms with Gasteiger partial charge in [-0.15, -0.1) is 0 Å². The lowest BCUT2D eigenvalue weighted by Gasteiger charge is -2.54. The van der Waals surface area contributed by atoms with Crippen LogP contribution in [0.25, 0.3) is 0 Å². The smallest absolute Gasteiger partial charge is 0.155 e. The average molecular weight is 302 g/mol. The topological polar surface area (TPSA) is 37.3 Å². The zero-order valence-corrected chi connectivity index (χ0v) is 14.1. The Kier molecular flexibility index (Phi) is 3.52. The number of fused-ring (bicyclic) bond motifs is 5. The van der Waals surface area contributed by atoms with Crippen LogP contribution in [-0.4, -0.2) is 17.0 Å². The van der Waals surface area contributed by atoms with Crippen molar-refractivity contribution in [2.24, 2.45) is 35.0 Å². The average Bonchev–Trinajstić information content (AvgIpc) is 2.84. The lowest BCUT2D eigenvalue weighted by molar-refractivity contribution is -0.116. The van der Waals surface area contributed by atoms with Crippen LogP contribution >= 0.6 is 0 Å². The molecule has 0 aliphatic heterocycles. The Morgan fingerprint density at radius 2 is 1.95 bits per heavy atom. The van der Waals surface area contributed by atoms with Gasteiger partial charge < -0.3 is 5.11 Å². The van der Waals surface area contributed by atoms with Crippen molar-refractivity contribution in [2.45, 2.75) is 71.3 Å². The van der Waals surface area contributed by atoms with Crippen molar-refractivity contribution in [1.82, 2.24) is 0 Å². The van der Waals surface area contributed by atoms with Crippen LogP contribution in [0.15, 0.2) is 11.6 Å². The van der Waals surface area contributed by atoms with Gasteiger partial charge in [-0.1, -0.05) is 12.5 Å². The minimum Gasteiger partial charge on any atom is -0.393 e. The molecule has 1 N–H and O–H groups in total. The van der Waals surface area contributed by atoms with Crippen molar-refractivity contribution in [1.29, 1.82) is 0 Å². The first-order chi connectivity index (χ1) is 10.5. The SMILES string of the molecule is C[C@@H](O)[C@H]1CC[C@H]2[C@@H]3CCC4=CC(=O)CC[C@@H]4[C@H]3CC[C@]12C. The predicted octanol–water partition coefficient (Wildman–Crippen LogP) is 4.13. The van der Waals surface area contributed by atoms with Gasteiger partial charge in [-0.25, -0.2) is 0 Å². The molecule has 0 aromatic rings. The fraction of sp³-hybridized carbons (Fsp3) is 0.850. The maximum absolute atomic E-state index is 11.7. The lowest BCUT2D eigenvalue weighted by atomic mass is 9.51. The number of rotatable bonds is 1. The minimum absolute atomic E-state index is 0.155. The van der Waals surface area contributed by atoms with E-state index in [0.29, 0.717) is 23.0 Å². The van der Waals surface area contributed by atoms with E-state index in [1.165, 1.54) is 37.7 Å². The van der Waals surface area contributed by atoms with Crippen LogP contribution in [0.4, 0.5) is 0 Å². The van der Waals surface area contributed by atoms with Crippen LogP contribution < -0.4 is 0 Å². The summed E-state index contributed by atoms with van der Waals surface area (Å²) in [5.41, 5.74) is 1.84. The van der Waals surface area contributed by atoms with Gasteiger partial charge in [0.25, 0.3) is 0 Å². The van der Waals surface area contributed by atoms with Gasteiger partial charge in [-0.05, 0) is 93.0 Å². The molecule has 0 amide bonds. The number of carbonyl (C=O) groups is 1. The molecule has 122 valence electrons. The molecule has 4 aliphatic carbocycles. The van der Waals surface area contributed by atoms with Gasteiger partial charge >= 0.3 is 0 Å². The van der Waals surface area contributed by atoms with Gasteiger partial charge in [-0.3, -0.25) is 4.79 Å². The molecule has 0 saturated heterocycles. The molecule has 0 bridgehead atoms. The zero-order chi connectivity index (χ0) is 15.5. The summed E-state index contributed by atoms with van der Waals surface area (Å²) in [7, 11) is 0. The van der Waals surface area contributed by atoms with E-state index in [-0.39, 0.29) is 6.10 Å². The van der Waals surface area contributed by atoms with E-state index in [1.54, 1.807) is 0 Å². The van der Waals surface area contributed by atoms with Crippen LogP contribution in [0, 0.1) is 35.0 Å². The van der Waals surface area contributed by atoms with Gasteiger partial charge in [0.15, 0.2) is 5.78 Å². The molecule has 0 radical (unpaired) electrons. The maximum atomic E-state index is 11.7. The van der Waals surface area contributed by atoms with Crippen LogP contribution in [0.2, 0.25) is 0 Å². The van der Waals surface area contributed by atoms with Crippen LogP contribution in [0.3, 0.4) is 0 Å². The van der Waals surface area contributed by atoms with E-state index in [4.69, 9.17) is 0 Å². The summed E-state index contributed by atoms with van der Waals surface area (Å²) in [6.07, 6.45) is 11.3. The Bertz CT molecular complexity index is 506. The number of hydrogen-bond acceptors (Lipinski definition) is 2. The molecule has 4 rings (SSSR count). The number of aliphatic hydroxyl groups is 1. The third-order valence-electron chi connectivity index (χ3n) is 7.96. The second kappa shape index (κ2) is 5.19. The van der Waals surface area contributed by atoms with Crippen LogP contribution in [0.1, 0.15) is 65.2 Å². The number of hydrogen-bond donors (Lipinski definition) is 1. The number of ketones is 1. The highest BCUT2D eigenvalue weighted by Gasteiger charge is 2.56. The highest BCUT2D eigenvalue weighted by Crippen LogP contribution is 2.64. The Morgan fingerprint density at radius 1 is 1.14 bits per heavy atom. The summed E-state index contributed by atoms with van der Waals surface area (Å²) in [5.74, 6) is 4.04. The quantitative estimate of drug-likeness (QED) is 0.791. The molecule has 22 heavy (non-hydrogen) atoms. The Hall–Kier alpha value is -0.630. The van der Waals surface area contributed by atoms with Crippen molar-refractivity contribution in [2.75, 3.05) is 0 Å². The molecule has 0 aromatic carbocycles. The summed E-state index contributed by atoms with van der Waals surface area (Å²) < 4.78 is 0. The molecule has 2 heteroatoms. The van der Waals surface area contributed by atoms with Crippen LogP contribution in [-0.2, 0) is 4.79 Å². The largest absolute Gasteiger partial charge is 0.393 e. The number of allylic oxidation sites excluding steroid dienone is 1. The van der Waals surface area contributed by atoms with Crippen molar-refractivity contribution in [3.8, 4) is 0 Å². The molecule has 2 nitrogen and oxygen atoms in total. The summed E-state index contributed by atoms with van der Waals surface area (Å²) in [5, 5.41) is 10.2. The number of aliphatic hydroxyl groups excluding tert-OH is 1. The Morgan fingerprint density at radius 3 is 2.73 bits per heavy atom.